The highest BCUT2D eigenvalue weighted by atomic mass is 16.5. The molecule has 1 amide bonds. The van der Waals surface area contributed by atoms with Gasteiger partial charge in [0.1, 0.15) is 11.5 Å². The van der Waals surface area contributed by atoms with E-state index in [1.807, 2.05) is 26.0 Å². The van der Waals surface area contributed by atoms with Crippen LogP contribution in [0.15, 0.2) is 36.4 Å². The van der Waals surface area contributed by atoms with Crippen molar-refractivity contribution in [3.05, 3.63) is 58.7 Å². The molecule has 0 aliphatic rings. The summed E-state index contributed by atoms with van der Waals surface area (Å²) in [6.45, 7) is 16.9. The lowest BCUT2D eigenvalue weighted by atomic mass is 9.87. The number of aryl methyl sites for hydroxylation is 1. The lowest BCUT2D eigenvalue weighted by molar-refractivity contribution is -0.128. The number of hydrogen-bond donors (Lipinski definition) is 1. The predicted molar refractivity (Wildman–Crippen MR) is 128 cm³/mol. The van der Waals surface area contributed by atoms with Gasteiger partial charge in [-0.25, -0.2) is 0 Å². The molecule has 170 valence electrons. The Bertz CT molecular complexity index is 879. The maximum atomic E-state index is 13.0. The summed E-state index contributed by atoms with van der Waals surface area (Å²) in [5, 5.41) is 3.14. The largest absolute Gasteiger partial charge is 0.496 e. The number of carbonyl (C=O) groups excluding carboxylic acids is 1. The minimum absolute atomic E-state index is 0.0839. The van der Waals surface area contributed by atoms with Crippen LogP contribution in [0, 0.1) is 6.92 Å². The maximum Gasteiger partial charge on any atom is 0.261 e. The van der Waals surface area contributed by atoms with Crippen LogP contribution in [0.1, 0.15) is 89.1 Å². The second-order valence-electron chi connectivity index (χ2n) is 9.62. The standard InChI is InChI=1S/C27H39NO3/c1-10-24(31-21-13-11-20(12-14-21)27(6,7)8)26(29)28-19(5)23-16-22(17(2)3)25(30-9)15-18(23)4/h11-17,19,24H,10H2,1-9H3,(H,28,29)/t19-,24-/m1/s1. The fourth-order valence-electron chi connectivity index (χ4n) is 3.71. The van der Waals surface area contributed by atoms with Crippen molar-refractivity contribution >= 4 is 5.91 Å². The second-order valence-corrected chi connectivity index (χ2v) is 9.62. The van der Waals surface area contributed by atoms with E-state index in [0.29, 0.717) is 18.1 Å². The summed E-state index contributed by atoms with van der Waals surface area (Å²) < 4.78 is 11.6. The molecule has 0 unspecified atom stereocenters. The lowest BCUT2D eigenvalue weighted by Gasteiger charge is -2.24. The first-order valence-corrected chi connectivity index (χ1v) is 11.2. The van der Waals surface area contributed by atoms with E-state index < -0.39 is 6.10 Å². The number of hydrogen-bond acceptors (Lipinski definition) is 3. The summed E-state index contributed by atoms with van der Waals surface area (Å²) in [6, 6.07) is 12.1. The molecule has 2 rings (SSSR count). The highest BCUT2D eigenvalue weighted by Gasteiger charge is 2.23. The number of amides is 1. The average Bonchev–Trinajstić information content (AvgIpc) is 2.70. The van der Waals surface area contributed by atoms with Crippen LogP contribution in [-0.2, 0) is 10.2 Å². The van der Waals surface area contributed by atoms with E-state index in [-0.39, 0.29) is 17.4 Å². The molecule has 0 bridgehead atoms. The van der Waals surface area contributed by atoms with E-state index in [0.717, 1.165) is 22.4 Å². The molecule has 0 aromatic heterocycles. The molecule has 1 N–H and O–H groups in total. The van der Waals surface area contributed by atoms with Gasteiger partial charge in [-0.15, -0.1) is 0 Å². The highest BCUT2D eigenvalue weighted by Crippen LogP contribution is 2.32. The molecule has 0 aliphatic heterocycles. The van der Waals surface area contributed by atoms with Gasteiger partial charge in [-0.05, 0) is 78.1 Å². The first-order chi connectivity index (χ1) is 14.5. The van der Waals surface area contributed by atoms with Gasteiger partial charge in [0.25, 0.3) is 5.91 Å². The third-order valence-electron chi connectivity index (χ3n) is 5.73. The predicted octanol–water partition coefficient (Wildman–Crippen LogP) is 6.46. The number of nitrogens with one attached hydrogen (secondary N) is 1. The SMILES string of the molecule is CC[C@@H](Oc1ccc(C(C)(C)C)cc1)C(=O)N[C@H](C)c1cc(C(C)C)c(OC)cc1C. The molecule has 0 saturated carbocycles. The molecule has 0 spiro atoms. The Kier molecular flexibility index (Phi) is 8.16. The van der Waals surface area contributed by atoms with Crippen molar-refractivity contribution in [3.63, 3.8) is 0 Å². The molecule has 4 nitrogen and oxygen atoms in total. The van der Waals surface area contributed by atoms with Crippen molar-refractivity contribution in [2.24, 2.45) is 0 Å². The van der Waals surface area contributed by atoms with Crippen molar-refractivity contribution in [1.29, 1.82) is 0 Å². The Hall–Kier alpha value is -2.49. The number of ether oxygens (including phenoxy) is 2. The monoisotopic (exact) mass is 425 g/mol. The Labute approximate surface area is 188 Å². The summed E-state index contributed by atoms with van der Waals surface area (Å²) >= 11 is 0. The molecule has 0 radical (unpaired) electrons. The van der Waals surface area contributed by atoms with Gasteiger partial charge < -0.3 is 14.8 Å². The minimum atomic E-state index is -0.536. The van der Waals surface area contributed by atoms with Gasteiger partial charge >= 0.3 is 0 Å². The fourth-order valence-corrected chi connectivity index (χ4v) is 3.71. The van der Waals surface area contributed by atoms with Crippen LogP contribution in [0.5, 0.6) is 11.5 Å². The van der Waals surface area contributed by atoms with Crippen molar-refractivity contribution in [2.75, 3.05) is 7.11 Å². The van der Waals surface area contributed by atoms with Gasteiger partial charge in [0.15, 0.2) is 6.10 Å². The lowest BCUT2D eigenvalue weighted by Crippen LogP contribution is -2.39. The summed E-state index contributed by atoms with van der Waals surface area (Å²) in [5.41, 5.74) is 4.66. The Morgan fingerprint density at radius 1 is 1.03 bits per heavy atom. The van der Waals surface area contributed by atoms with Crippen LogP contribution in [0.2, 0.25) is 0 Å². The van der Waals surface area contributed by atoms with E-state index in [2.05, 4.69) is 71.1 Å². The van der Waals surface area contributed by atoms with Crippen LogP contribution in [0.25, 0.3) is 0 Å². The highest BCUT2D eigenvalue weighted by molar-refractivity contribution is 5.81. The molecule has 0 saturated heterocycles. The van der Waals surface area contributed by atoms with Gasteiger partial charge in [-0.1, -0.05) is 53.7 Å². The van der Waals surface area contributed by atoms with E-state index in [4.69, 9.17) is 9.47 Å². The van der Waals surface area contributed by atoms with E-state index in [1.54, 1.807) is 7.11 Å². The average molecular weight is 426 g/mol. The number of methoxy groups -OCH3 is 1. The minimum Gasteiger partial charge on any atom is -0.496 e. The second kappa shape index (κ2) is 10.2. The van der Waals surface area contributed by atoms with E-state index in [1.165, 1.54) is 5.56 Å². The molecular formula is C27H39NO3. The van der Waals surface area contributed by atoms with Gasteiger partial charge in [-0.2, -0.15) is 0 Å². The molecule has 31 heavy (non-hydrogen) atoms. The Morgan fingerprint density at radius 2 is 1.65 bits per heavy atom. The first kappa shape index (κ1) is 24.8. The third-order valence-corrected chi connectivity index (χ3v) is 5.73. The van der Waals surface area contributed by atoms with Gasteiger partial charge in [-0.3, -0.25) is 4.79 Å². The number of benzene rings is 2. The molecular weight excluding hydrogens is 386 g/mol. The Balaban J connectivity index is 2.14. The Morgan fingerprint density at radius 3 is 2.13 bits per heavy atom. The molecule has 4 heteroatoms. The molecule has 2 aromatic carbocycles. The van der Waals surface area contributed by atoms with Gasteiger partial charge in [0.05, 0.1) is 13.2 Å². The quantitative estimate of drug-likeness (QED) is 0.528. The zero-order valence-electron chi connectivity index (χ0n) is 20.6. The van der Waals surface area contributed by atoms with Crippen LogP contribution >= 0.6 is 0 Å². The van der Waals surface area contributed by atoms with Gasteiger partial charge in [0.2, 0.25) is 0 Å². The fraction of sp³-hybridized carbons (Fsp3) is 0.519. The van der Waals surface area contributed by atoms with Crippen LogP contribution in [0.3, 0.4) is 0 Å². The molecule has 2 aromatic rings. The van der Waals surface area contributed by atoms with Crippen molar-refractivity contribution in [3.8, 4) is 11.5 Å². The summed E-state index contributed by atoms with van der Waals surface area (Å²) in [5.74, 6) is 1.84. The van der Waals surface area contributed by atoms with E-state index in [9.17, 15) is 4.79 Å². The third kappa shape index (κ3) is 6.25. The zero-order valence-corrected chi connectivity index (χ0v) is 20.6. The topological polar surface area (TPSA) is 47.6 Å². The summed E-state index contributed by atoms with van der Waals surface area (Å²) in [4.78, 5) is 13.0. The van der Waals surface area contributed by atoms with E-state index >= 15 is 0 Å². The summed E-state index contributed by atoms with van der Waals surface area (Å²) in [6.07, 6.45) is 0.0596. The van der Waals surface area contributed by atoms with Crippen molar-refractivity contribution < 1.29 is 14.3 Å². The van der Waals surface area contributed by atoms with Crippen LogP contribution in [0.4, 0.5) is 0 Å². The molecule has 2 atom stereocenters. The van der Waals surface area contributed by atoms with Gasteiger partial charge in [0, 0.05) is 0 Å². The number of rotatable bonds is 8. The molecule has 0 aliphatic carbocycles. The smallest absolute Gasteiger partial charge is 0.261 e. The zero-order chi connectivity index (χ0) is 23.3. The maximum absolute atomic E-state index is 13.0. The van der Waals surface area contributed by atoms with Crippen LogP contribution < -0.4 is 14.8 Å². The van der Waals surface area contributed by atoms with Crippen LogP contribution in [-0.4, -0.2) is 19.1 Å². The van der Waals surface area contributed by atoms with Crippen molar-refractivity contribution in [1.82, 2.24) is 5.32 Å². The first-order valence-electron chi connectivity index (χ1n) is 11.2. The molecule has 0 fully saturated rings. The summed E-state index contributed by atoms with van der Waals surface area (Å²) in [7, 11) is 1.70. The van der Waals surface area contributed by atoms with Crippen molar-refractivity contribution in [2.45, 2.75) is 85.3 Å². The number of carbonyl (C=O) groups is 1. The normalized spacial score (nSPS) is 13.6. The molecule has 0 heterocycles.